The van der Waals surface area contributed by atoms with Crippen LogP contribution in [0.5, 0.6) is 0 Å². The van der Waals surface area contributed by atoms with Crippen molar-refractivity contribution in [1.29, 1.82) is 0 Å². The van der Waals surface area contributed by atoms with Gasteiger partial charge in [-0.3, -0.25) is 4.72 Å². The lowest BCUT2D eigenvalue weighted by atomic mass is 10.00. The summed E-state index contributed by atoms with van der Waals surface area (Å²) in [6.07, 6.45) is 1.86. The molecule has 1 aliphatic heterocycles. The van der Waals surface area contributed by atoms with Crippen LogP contribution in [0.1, 0.15) is 12.8 Å². The van der Waals surface area contributed by atoms with Crippen molar-refractivity contribution in [2.45, 2.75) is 12.8 Å². The Morgan fingerprint density at radius 1 is 1.45 bits per heavy atom. The second-order valence-corrected chi connectivity index (χ2v) is 6.71. The maximum atomic E-state index is 13.1. The van der Waals surface area contributed by atoms with E-state index in [1.807, 2.05) is 7.05 Å². The largest absolute Gasteiger partial charge is 0.319 e. The third-order valence-corrected chi connectivity index (χ3v) is 4.89. The Bertz CT molecular complexity index is 548. The lowest BCUT2D eigenvalue weighted by Gasteiger charge is -2.31. The fourth-order valence-electron chi connectivity index (χ4n) is 2.47. The minimum atomic E-state index is -3.62. The van der Waals surface area contributed by atoms with Gasteiger partial charge >= 0.3 is 10.2 Å². The van der Waals surface area contributed by atoms with E-state index in [0.29, 0.717) is 19.0 Å². The molecule has 1 saturated heterocycles. The summed E-state index contributed by atoms with van der Waals surface area (Å²) in [5.41, 5.74) is 0.251. The zero-order valence-electron chi connectivity index (χ0n) is 11.5. The molecular formula is C13H20FN3O2S. The summed E-state index contributed by atoms with van der Waals surface area (Å²) >= 11 is 0. The molecule has 0 amide bonds. The van der Waals surface area contributed by atoms with Gasteiger partial charge in [-0.1, -0.05) is 6.07 Å². The van der Waals surface area contributed by atoms with Gasteiger partial charge in [0.1, 0.15) is 5.82 Å². The summed E-state index contributed by atoms with van der Waals surface area (Å²) in [5, 5.41) is 3.08. The molecule has 1 aliphatic rings. The lowest BCUT2D eigenvalue weighted by molar-refractivity contribution is 0.264. The van der Waals surface area contributed by atoms with E-state index in [1.54, 1.807) is 0 Å². The molecule has 5 nitrogen and oxygen atoms in total. The summed E-state index contributed by atoms with van der Waals surface area (Å²) in [6.45, 7) is 1.79. The van der Waals surface area contributed by atoms with Gasteiger partial charge in [0, 0.05) is 13.1 Å². The van der Waals surface area contributed by atoms with Gasteiger partial charge in [0.25, 0.3) is 0 Å². The predicted molar refractivity (Wildman–Crippen MR) is 77.2 cm³/mol. The first-order valence-electron chi connectivity index (χ1n) is 6.69. The van der Waals surface area contributed by atoms with Crippen molar-refractivity contribution in [2.75, 3.05) is 31.4 Å². The Hall–Kier alpha value is -1.18. The fourth-order valence-corrected chi connectivity index (χ4v) is 3.80. The third kappa shape index (κ3) is 3.91. The topological polar surface area (TPSA) is 61.4 Å². The van der Waals surface area contributed by atoms with Gasteiger partial charge < -0.3 is 5.32 Å². The zero-order valence-corrected chi connectivity index (χ0v) is 12.3. The van der Waals surface area contributed by atoms with Crippen LogP contribution in [0.3, 0.4) is 0 Å². The minimum absolute atomic E-state index is 0.251. The summed E-state index contributed by atoms with van der Waals surface area (Å²) in [4.78, 5) is 0. The van der Waals surface area contributed by atoms with Gasteiger partial charge in [0.2, 0.25) is 0 Å². The molecule has 1 aromatic rings. The SMILES string of the molecule is CNCC1CCCN(S(=O)(=O)Nc2cccc(F)c2)C1. The minimum Gasteiger partial charge on any atom is -0.319 e. The molecule has 1 atom stereocenters. The standard InChI is InChI=1S/C13H20FN3O2S/c1-15-9-11-4-3-7-17(10-11)20(18,19)16-13-6-2-5-12(14)8-13/h2,5-6,8,11,15-16H,3-4,7,9-10H2,1H3. The molecule has 1 aromatic carbocycles. The first-order chi connectivity index (χ1) is 9.51. The zero-order chi connectivity index (χ0) is 14.6. The van der Waals surface area contributed by atoms with E-state index >= 15 is 0 Å². The summed E-state index contributed by atoms with van der Waals surface area (Å²) in [6, 6.07) is 5.47. The Morgan fingerprint density at radius 2 is 2.25 bits per heavy atom. The molecule has 0 bridgehead atoms. The van der Waals surface area contributed by atoms with Crippen LogP contribution in [0.2, 0.25) is 0 Å². The number of hydrogen-bond donors (Lipinski definition) is 2. The third-order valence-electron chi connectivity index (χ3n) is 3.39. The van der Waals surface area contributed by atoms with Gasteiger partial charge in [0.05, 0.1) is 5.69 Å². The number of piperidine rings is 1. The van der Waals surface area contributed by atoms with E-state index in [4.69, 9.17) is 0 Å². The van der Waals surface area contributed by atoms with Crippen LogP contribution < -0.4 is 10.0 Å². The van der Waals surface area contributed by atoms with E-state index in [2.05, 4.69) is 10.0 Å². The number of halogens is 1. The smallest absolute Gasteiger partial charge is 0.301 e. The fraction of sp³-hybridized carbons (Fsp3) is 0.538. The number of rotatable bonds is 5. The Kier molecular flexibility index (Phi) is 4.95. The van der Waals surface area contributed by atoms with E-state index in [1.165, 1.54) is 28.6 Å². The highest BCUT2D eigenvalue weighted by Crippen LogP contribution is 2.20. The van der Waals surface area contributed by atoms with Gasteiger partial charge in [-0.15, -0.1) is 0 Å². The average Bonchev–Trinajstić information content (AvgIpc) is 2.39. The quantitative estimate of drug-likeness (QED) is 0.864. The maximum absolute atomic E-state index is 13.1. The van der Waals surface area contributed by atoms with Gasteiger partial charge in [-0.25, -0.2) is 4.39 Å². The van der Waals surface area contributed by atoms with Crippen LogP contribution in [0, 0.1) is 11.7 Å². The highest BCUT2D eigenvalue weighted by atomic mass is 32.2. The van der Waals surface area contributed by atoms with Gasteiger partial charge in [-0.2, -0.15) is 12.7 Å². The van der Waals surface area contributed by atoms with Crippen molar-refractivity contribution in [3.63, 3.8) is 0 Å². The molecule has 20 heavy (non-hydrogen) atoms. The predicted octanol–water partition coefficient (Wildman–Crippen LogP) is 1.41. The van der Waals surface area contributed by atoms with Crippen molar-refractivity contribution in [2.24, 2.45) is 5.92 Å². The van der Waals surface area contributed by atoms with Gasteiger partial charge in [-0.05, 0) is 50.6 Å². The first-order valence-corrected chi connectivity index (χ1v) is 8.13. The molecule has 0 saturated carbocycles. The van der Waals surface area contributed by atoms with Crippen LogP contribution in [-0.4, -0.2) is 39.4 Å². The maximum Gasteiger partial charge on any atom is 0.301 e. The second-order valence-electron chi connectivity index (χ2n) is 5.04. The summed E-state index contributed by atoms with van der Waals surface area (Å²) < 4.78 is 41.5. The molecule has 0 aliphatic carbocycles. The van der Waals surface area contributed by atoms with Crippen LogP contribution in [0.25, 0.3) is 0 Å². The number of benzene rings is 1. The van der Waals surface area contributed by atoms with Crippen LogP contribution in [0.4, 0.5) is 10.1 Å². The van der Waals surface area contributed by atoms with E-state index in [-0.39, 0.29) is 5.69 Å². The number of hydrogen-bond acceptors (Lipinski definition) is 3. The van der Waals surface area contributed by atoms with Crippen molar-refractivity contribution in [3.05, 3.63) is 30.1 Å². The van der Waals surface area contributed by atoms with Crippen molar-refractivity contribution < 1.29 is 12.8 Å². The Morgan fingerprint density at radius 3 is 2.95 bits per heavy atom. The van der Waals surface area contributed by atoms with Crippen LogP contribution in [-0.2, 0) is 10.2 Å². The van der Waals surface area contributed by atoms with Crippen molar-refractivity contribution >= 4 is 15.9 Å². The molecule has 0 spiro atoms. The van der Waals surface area contributed by atoms with Gasteiger partial charge in [0.15, 0.2) is 0 Å². The molecule has 2 rings (SSSR count). The molecule has 0 aromatic heterocycles. The first kappa shape index (κ1) is 15.2. The Balaban J connectivity index is 2.06. The van der Waals surface area contributed by atoms with Crippen molar-refractivity contribution in [3.8, 4) is 0 Å². The molecule has 112 valence electrons. The molecule has 1 fully saturated rings. The number of nitrogens with zero attached hydrogens (tertiary/aromatic N) is 1. The summed E-state index contributed by atoms with van der Waals surface area (Å²) in [5.74, 6) is -0.144. The average molecular weight is 301 g/mol. The Labute approximate surface area is 119 Å². The molecular weight excluding hydrogens is 281 g/mol. The monoisotopic (exact) mass is 301 g/mol. The molecule has 2 N–H and O–H groups in total. The number of nitrogens with one attached hydrogen (secondary N) is 2. The second kappa shape index (κ2) is 6.51. The van der Waals surface area contributed by atoms with Crippen LogP contribution >= 0.6 is 0 Å². The van der Waals surface area contributed by atoms with E-state index < -0.39 is 16.0 Å². The normalized spacial score (nSPS) is 20.8. The highest BCUT2D eigenvalue weighted by Gasteiger charge is 2.28. The number of anilines is 1. The molecule has 7 heteroatoms. The van der Waals surface area contributed by atoms with E-state index in [9.17, 15) is 12.8 Å². The van der Waals surface area contributed by atoms with Crippen molar-refractivity contribution in [1.82, 2.24) is 9.62 Å². The van der Waals surface area contributed by atoms with Crippen LogP contribution in [0.15, 0.2) is 24.3 Å². The molecule has 1 heterocycles. The summed E-state index contributed by atoms with van der Waals surface area (Å²) in [7, 11) is -1.76. The molecule has 1 unspecified atom stereocenters. The molecule has 0 radical (unpaired) electrons. The van der Waals surface area contributed by atoms with E-state index in [0.717, 1.165) is 19.4 Å². The highest BCUT2D eigenvalue weighted by molar-refractivity contribution is 7.90. The lowest BCUT2D eigenvalue weighted by Crippen LogP contribution is -2.44.